The first-order valence-corrected chi connectivity index (χ1v) is 8.03. The van der Waals surface area contributed by atoms with Crippen molar-refractivity contribution in [2.24, 2.45) is 0 Å². The fraction of sp³-hybridized carbons (Fsp3) is 0. The van der Waals surface area contributed by atoms with Gasteiger partial charge in [0.05, 0.1) is 5.56 Å². The molecule has 1 amide bonds. The number of rotatable bonds is 3. The molecule has 0 aliphatic rings. The second kappa shape index (κ2) is 6.75. The Labute approximate surface area is 143 Å². The van der Waals surface area contributed by atoms with Crippen LogP contribution in [0.15, 0.2) is 78.9 Å². The smallest absolute Gasteiger partial charge is 0.256 e. The summed E-state index contributed by atoms with van der Waals surface area (Å²) in [5.74, 6) is -0.0878. The molecule has 0 fully saturated rings. The molecule has 22 heavy (non-hydrogen) atoms. The summed E-state index contributed by atoms with van der Waals surface area (Å²) in [7, 11) is 0. The van der Waals surface area contributed by atoms with Gasteiger partial charge in [-0.15, -0.1) is 0 Å². The lowest BCUT2D eigenvalue weighted by Crippen LogP contribution is -2.13. The van der Waals surface area contributed by atoms with Gasteiger partial charge >= 0.3 is 0 Å². The lowest BCUT2D eigenvalue weighted by Gasteiger charge is -2.09. The number of nitrogens with one attached hydrogen (secondary N) is 1. The molecule has 0 aromatic heterocycles. The van der Waals surface area contributed by atoms with E-state index in [0.717, 1.165) is 20.4 Å². The van der Waals surface area contributed by atoms with E-state index in [-0.39, 0.29) is 5.91 Å². The van der Waals surface area contributed by atoms with Gasteiger partial charge in [0, 0.05) is 9.26 Å². The summed E-state index contributed by atoms with van der Waals surface area (Å²) >= 11 is 2.17. The quantitative estimate of drug-likeness (QED) is 0.602. The average molecular weight is 399 g/mol. The van der Waals surface area contributed by atoms with Gasteiger partial charge in [0.15, 0.2) is 0 Å². The normalized spacial score (nSPS) is 10.2. The third-order valence-corrected chi connectivity index (χ3v) is 4.29. The maximum Gasteiger partial charge on any atom is 0.256 e. The van der Waals surface area contributed by atoms with Crippen molar-refractivity contribution in [1.82, 2.24) is 0 Å². The molecule has 108 valence electrons. The van der Waals surface area contributed by atoms with Crippen molar-refractivity contribution in [3.05, 3.63) is 88.0 Å². The van der Waals surface area contributed by atoms with Crippen molar-refractivity contribution in [2.75, 3.05) is 5.32 Å². The zero-order valence-electron chi connectivity index (χ0n) is 11.8. The van der Waals surface area contributed by atoms with Gasteiger partial charge in [0.2, 0.25) is 0 Å². The molecule has 0 unspecified atom stereocenters. The third-order valence-electron chi connectivity index (χ3n) is 3.35. The van der Waals surface area contributed by atoms with Gasteiger partial charge in [-0.2, -0.15) is 0 Å². The number of hydrogen-bond acceptors (Lipinski definition) is 1. The molecule has 3 heteroatoms. The standard InChI is InChI=1S/C19H14INO/c20-18-12-5-4-11-17(18)19(22)21-16-10-6-9-15(13-16)14-7-2-1-3-8-14/h1-13H,(H,21,22). The van der Waals surface area contributed by atoms with E-state index in [1.165, 1.54) is 0 Å². The van der Waals surface area contributed by atoms with Crippen LogP contribution in [0.4, 0.5) is 5.69 Å². The molecule has 0 aliphatic carbocycles. The third kappa shape index (κ3) is 3.36. The second-order valence-corrected chi connectivity index (χ2v) is 6.04. The lowest BCUT2D eigenvalue weighted by atomic mass is 10.1. The van der Waals surface area contributed by atoms with Crippen LogP contribution < -0.4 is 5.32 Å². The van der Waals surface area contributed by atoms with Crippen molar-refractivity contribution >= 4 is 34.2 Å². The van der Waals surface area contributed by atoms with E-state index in [0.29, 0.717) is 5.56 Å². The molecule has 3 aromatic carbocycles. The van der Waals surface area contributed by atoms with Crippen molar-refractivity contribution in [2.45, 2.75) is 0 Å². The molecular formula is C19H14INO. The molecule has 2 nitrogen and oxygen atoms in total. The first-order chi connectivity index (χ1) is 10.7. The molecule has 0 bridgehead atoms. The van der Waals surface area contributed by atoms with E-state index in [1.807, 2.05) is 66.7 Å². The highest BCUT2D eigenvalue weighted by Crippen LogP contribution is 2.23. The van der Waals surface area contributed by atoms with E-state index < -0.39 is 0 Å². The van der Waals surface area contributed by atoms with Crippen LogP contribution in [-0.4, -0.2) is 5.91 Å². The maximum atomic E-state index is 12.4. The predicted octanol–water partition coefficient (Wildman–Crippen LogP) is 5.21. The molecule has 0 atom stereocenters. The Morgan fingerprint density at radius 1 is 0.773 bits per heavy atom. The monoisotopic (exact) mass is 399 g/mol. The highest BCUT2D eigenvalue weighted by molar-refractivity contribution is 14.1. The summed E-state index contributed by atoms with van der Waals surface area (Å²) in [5.41, 5.74) is 3.70. The summed E-state index contributed by atoms with van der Waals surface area (Å²) in [6.07, 6.45) is 0. The van der Waals surface area contributed by atoms with Gasteiger partial charge in [-0.25, -0.2) is 0 Å². The number of amides is 1. The van der Waals surface area contributed by atoms with Crippen LogP contribution in [0.5, 0.6) is 0 Å². The minimum Gasteiger partial charge on any atom is -0.322 e. The molecule has 0 spiro atoms. The Hall–Kier alpha value is -2.14. The van der Waals surface area contributed by atoms with Gasteiger partial charge in [0.1, 0.15) is 0 Å². The van der Waals surface area contributed by atoms with Gasteiger partial charge in [-0.3, -0.25) is 4.79 Å². The zero-order valence-corrected chi connectivity index (χ0v) is 13.9. The Morgan fingerprint density at radius 3 is 2.23 bits per heavy atom. The summed E-state index contributed by atoms with van der Waals surface area (Å²) < 4.78 is 0.941. The summed E-state index contributed by atoms with van der Waals surface area (Å²) in [6.45, 7) is 0. The highest BCUT2D eigenvalue weighted by atomic mass is 127. The summed E-state index contributed by atoms with van der Waals surface area (Å²) in [6, 6.07) is 25.6. The number of hydrogen-bond donors (Lipinski definition) is 1. The first kappa shape index (κ1) is 14.8. The highest BCUT2D eigenvalue weighted by Gasteiger charge is 2.09. The molecular weight excluding hydrogens is 385 g/mol. The second-order valence-electron chi connectivity index (χ2n) is 4.88. The average Bonchev–Trinajstić information content (AvgIpc) is 2.56. The van der Waals surface area contributed by atoms with Gasteiger partial charge < -0.3 is 5.32 Å². The van der Waals surface area contributed by atoms with Crippen LogP contribution in [0.3, 0.4) is 0 Å². The molecule has 0 saturated carbocycles. The maximum absolute atomic E-state index is 12.4. The van der Waals surface area contributed by atoms with Crippen LogP contribution >= 0.6 is 22.6 Å². The molecule has 0 saturated heterocycles. The van der Waals surface area contributed by atoms with Crippen molar-refractivity contribution in [3.63, 3.8) is 0 Å². The van der Waals surface area contributed by atoms with Gasteiger partial charge in [-0.1, -0.05) is 54.6 Å². The van der Waals surface area contributed by atoms with E-state index in [2.05, 4.69) is 40.0 Å². The summed E-state index contributed by atoms with van der Waals surface area (Å²) in [4.78, 5) is 12.4. The zero-order chi connectivity index (χ0) is 15.4. The topological polar surface area (TPSA) is 29.1 Å². The Morgan fingerprint density at radius 2 is 1.45 bits per heavy atom. The number of carbonyl (C=O) groups excluding carboxylic acids is 1. The molecule has 3 rings (SSSR count). The fourth-order valence-corrected chi connectivity index (χ4v) is 2.88. The van der Waals surface area contributed by atoms with Crippen LogP contribution in [-0.2, 0) is 0 Å². The van der Waals surface area contributed by atoms with E-state index >= 15 is 0 Å². The van der Waals surface area contributed by atoms with Gasteiger partial charge in [0.25, 0.3) is 5.91 Å². The first-order valence-electron chi connectivity index (χ1n) is 6.95. The van der Waals surface area contributed by atoms with Crippen LogP contribution in [0.2, 0.25) is 0 Å². The van der Waals surface area contributed by atoms with E-state index in [9.17, 15) is 4.79 Å². The number of anilines is 1. The van der Waals surface area contributed by atoms with E-state index in [4.69, 9.17) is 0 Å². The Kier molecular flexibility index (Phi) is 4.53. The van der Waals surface area contributed by atoms with Crippen LogP contribution in [0, 0.1) is 3.57 Å². The van der Waals surface area contributed by atoms with Crippen molar-refractivity contribution in [3.8, 4) is 11.1 Å². The Bertz CT molecular complexity index is 799. The number of halogens is 1. The molecule has 0 aliphatic heterocycles. The largest absolute Gasteiger partial charge is 0.322 e. The minimum atomic E-state index is -0.0878. The van der Waals surface area contributed by atoms with E-state index in [1.54, 1.807) is 0 Å². The number of benzene rings is 3. The van der Waals surface area contributed by atoms with Gasteiger partial charge in [-0.05, 0) is 58.0 Å². The SMILES string of the molecule is O=C(Nc1cccc(-c2ccccc2)c1)c1ccccc1I. The molecule has 3 aromatic rings. The van der Waals surface area contributed by atoms with Crippen LogP contribution in [0.1, 0.15) is 10.4 Å². The molecule has 0 heterocycles. The Balaban J connectivity index is 1.85. The molecule has 1 N–H and O–H groups in total. The van der Waals surface area contributed by atoms with Crippen LogP contribution in [0.25, 0.3) is 11.1 Å². The predicted molar refractivity (Wildman–Crippen MR) is 99.0 cm³/mol. The lowest BCUT2D eigenvalue weighted by molar-refractivity contribution is 0.102. The fourth-order valence-electron chi connectivity index (χ4n) is 2.25. The van der Waals surface area contributed by atoms with Crippen molar-refractivity contribution in [1.29, 1.82) is 0 Å². The van der Waals surface area contributed by atoms with Crippen molar-refractivity contribution < 1.29 is 4.79 Å². The number of carbonyl (C=O) groups is 1. The molecule has 0 radical (unpaired) electrons. The summed E-state index contributed by atoms with van der Waals surface area (Å²) in [5, 5.41) is 2.97. The minimum absolute atomic E-state index is 0.0878.